The summed E-state index contributed by atoms with van der Waals surface area (Å²) in [5, 5.41) is 12.7. The lowest BCUT2D eigenvalue weighted by molar-refractivity contribution is -0.130. The van der Waals surface area contributed by atoms with Crippen molar-refractivity contribution in [3.8, 4) is 0 Å². The van der Waals surface area contributed by atoms with Crippen molar-refractivity contribution in [3.63, 3.8) is 0 Å². The van der Waals surface area contributed by atoms with E-state index in [0.717, 1.165) is 36.5 Å². The van der Waals surface area contributed by atoms with Gasteiger partial charge in [0, 0.05) is 30.8 Å². The van der Waals surface area contributed by atoms with E-state index in [0.29, 0.717) is 13.0 Å². The van der Waals surface area contributed by atoms with Crippen LogP contribution in [-0.2, 0) is 11.2 Å². The van der Waals surface area contributed by atoms with E-state index in [1.165, 1.54) is 0 Å². The van der Waals surface area contributed by atoms with Gasteiger partial charge in [-0.2, -0.15) is 0 Å². The van der Waals surface area contributed by atoms with Crippen LogP contribution in [0.15, 0.2) is 5.38 Å². The van der Waals surface area contributed by atoms with Crippen LogP contribution in [0.3, 0.4) is 0 Å². The highest BCUT2D eigenvalue weighted by molar-refractivity contribution is 7.09. The van der Waals surface area contributed by atoms with Gasteiger partial charge in [0.15, 0.2) is 0 Å². The number of nitrogens with zero attached hydrogens (tertiary/aromatic N) is 2. The zero-order chi connectivity index (χ0) is 13.8. The van der Waals surface area contributed by atoms with Crippen molar-refractivity contribution in [1.29, 1.82) is 0 Å². The molecular weight excluding hydrogens is 260 g/mol. The molecule has 106 valence electrons. The molecule has 2 heterocycles. The van der Waals surface area contributed by atoms with E-state index < -0.39 is 0 Å². The molecule has 2 atom stereocenters. The molecule has 1 aliphatic heterocycles. The van der Waals surface area contributed by atoms with Crippen molar-refractivity contribution in [2.45, 2.75) is 45.6 Å². The second-order valence-corrected chi connectivity index (χ2v) is 6.40. The van der Waals surface area contributed by atoms with Crippen LogP contribution in [0.2, 0.25) is 0 Å². The molecule has 5 heteroatoms. The van der Waals surface area contributed by atoms with Crippen LogP contribution in [0.1, 0.15) is 36.9 Å². The van der Waals surface area contributed by atoms with Gasteiger partial charge in [0.1, 0.15) is 0 Å². The molecule has 2 rings (SSSR count). The first-order valence-corrected chi connectivity index (χ1v) is 7.81. The summed E-state index contributed by atoms with van der Waals surface area (Å²) in [6.07, 6.45) is 2.94. The summed E-state index contributed by atoms with van der Waals surface area (Å²) in [5.41, 5.74) is 1.10. The third kappa shape index (κ3) is 4.01. The predicted octanol–water partition coefficient (Wildman–Crippen LogP) is 2.00. The molecule has 1 aromatic rings. The largest absolute Gasteiger partial charge is 0.393 e. The van der Waals surface area contributed by atoms with Crippen LogP contribution in [0.25, 0.3) is 0 Å². The van der Waals surface area contributed by atoms with Crippen LogP contribution in [0.5, 0.6) is 0 Å². The molecular formula is C14H22N2O2S. The molecule has 0 bridgehead atoms. The van der Waals surface area contributed by atoms with E-state index in [2.05, 4.69) is 10.4 Å². The summed E-state index contributed by atoms with van der Waals surface area (Å²) in [7, 11) is 0. The lowest BCUT2D eigenvalue weighted by Gasteiger charge is -2.17. The highest BCUT2D eigenvalue weighted by Gasteiger charge is 2.28. The van der Waals surface area contributed by atoms with Crippen molar-refractivity contribution in [2.75, 3.05) is 13.1 Å². The molecule has 1 aliphatic rings. The maximum atomic E-state index is 12.0. The van der Waals surface area contributed by atoms with E-state index in [1.807, 2.05) is 18.7 Å². The van der Waals surface area contributed by atoms with Gasteiger partial charge in [-0.25, -0.2) is 4.98 Å². The minimum absolute atomic E-state index is 0.218. The maximum absolute atomic E-state index is 12.0. The summed E-state index contributed by atoms with van der Waals surface area (Å²) >= 11 is 1.66. The van der Waals surface area contributed by atoms with Gasteiger partial charge in [0.2, 0.25) is 5.91 Å². The summed E-state index contributed by atoms with van der Waals surface area (Å²) in [5.74, 6) is 0.472. The Bertz CT molecular complexity index is 431. The molecule has 0 saturated carbocycles. The average molecular weight is 282 g/mol. The Hall–Kier alpha value is -0.940. The van der Waals surface area contributed by atoms with Gasteiger partial charge in [-0.05, 0) is 33.1 Å². The van der Waals surface area contributed by atoms with Crippen molar-refractivity contribution in [3.05, 3.63) is 16.1 Å². The molecule has 2 unspecified atom stereocenters. The smallest absolute Gasteiger partial charge is 0.222 e. The minimum atomic E-state index is -0.309. The van der Waals surface area contributed by atoms with Crippen LogP contribution in [0, 0.1) is 12.8 Å². The first-order valence-electron chi connectivity index (χ1n) is 6.93. The second kappa shape index (κ2) is 6.48. The van der Waals surface area contributed by atoms with Crippen LogP contribution < -0.4 is 0 Å². The second-order valence-electron chi connectivity index (χ2n) is 5.34. The zero-order valence-corrected chi connectivity index (χ0v) is 12.4. The van der Waals surface area contributed by atoms with Gasteiger partial charge in [-0.15, -0.1) is 11.3 Å². The third-order valence-corrected chi connectivity index (χ3v) is 4.57. The van der Waals surface area contributed by atoms with Crippen molar-refractivity contribution in [1.82, 2.24) is 9.88 Å². The third-order valence-electron chi connectivity index (χ3n) is 3.75. The summed E-state index contributed by atoms with van der Waals surface area (Å²) in [4.78, 5) is 18.3. The Labute approximate surface area is 118 Å². The predicted molar refractivity (Wildman–Crippen MR) is 76.2 cm³/mol. The Morgan fingerprint density at radius 2 is 2.47 bits per heavy atom. The number of rotatable bonds is 5. The van der Waals surface area contributed by atoms with E-state index >= 15 is 0 Å². The number of aryl methyl sites for hydroxylation is 2. The van der Waals surface area contributed by atoms with Gasteiger partial charge in [0.25, 0.3) is 0 Å². The number of thiazole rings is 1. The minimum Gasteiger partial charge on any atom is -0.393 e. The number of hydrogen-bond donors (Lipinski definition) is 1. The number of aliphatic hydroxyl groups excluding tert-OH is 1. The highest BCUT2D eigenvalue weighted by atomic mass is 32.1. The number of amides is 1. The molecule has 1 aromatic heterocycles. The van der Waals surface area contributed by atoms with Crippen LogP contribution in [-0.4, -0.2) is 40.1 Å². The van der Waals surface area contributed by atoms with Crippen molar-refractivity contribution in [2.24, 2.45) is 5.92 Å². The molecule has 4 nitrogen and oxygen atoms in total. The Morgan fingerprint density at radius 3 is 3.05 bits per heavy atom. The number of likely N-dealkylation sites (tertiary alicyclic amines) is 1. The van der Waals surface area contributed by atoms with E-state index in [9.17, 15) is 9.90 Å². The van der Waals surface area contributed by atoms with E-state index in [-0.39, 0.29) is 17.9 Å². The van der Waals surface area contributed by atoms with Gasteiger partial charge >= 0.3 is 0 Å². The zero-order valence-electron chi connectivity index (χ0n) is 11.6. The van der Waals surface area contributed by atoms with Gasteiger partial charge in [0.05, 0.1) is 16.8 Å². The van der Waals surface area contributed by atoms with Gasteiger partial charge in [-0.3, -0.25) is 4.79 Å². The van der Waals surface area contributed by atoms with E-state index in [4.69, 9.17) is 0 Å². The fourth-order valence-corrected chi connectivity index (χ4v) is 3.16. The monoisotopic (exact) mass is 282 g/mol. The molecule has 1 saturated heterocycles. The average Bonchev–Trinajstić information content (AvgIpc) is 2.98. The lowest BCUT2D eigenvalue weighted by atomic mass is 10.0. The first-order chi connectivity index (χ1) is 9.06. The number of aliphatic hydroxyl groups is 1. The molecule has 19 heavy (non-hydrogen) atoms. The topological polar surface area (TPSA) is 53.4 Å². The van der Waals surface area contributed by atoms with Crippen LogP contribution >= 0.6 is 11.3 Å². The van der Waals surface area contributed by atoms with Crippen molar-refractivity contribution >= 4 is 17.2 Å². The number of aromatic nitrogens is 1. The van der Waals surface area contributed by atoms with Gasteiger partial charge in [-0.1, -0.05) is 0 Å². The summed E-state index contributed by atoms with van der Waals surface area (Å²) < 4.78 is 0. The lowest BCUT2D eigenvalue weighted by Crippen LogP contribution is -2.30. The normalized spacial score (nSPS) is 20.8. The maximum Gasteiger partial charge on any atom is 0.222 e. The summed E-state index contributed by atoms with van der Waals surface area (Å²) in [6.45, 7) is 5.32. The molecule has 0 radical (unpaired) electrons. The first kappa shape index (κ1) is 14.5. The summed E-state index contributed by atoms with van der Waals surface area (Å²) in [6, 6.07) is 0. The van der Waals surface area contributed by atoms with Crippen LogP contribution in [0.4, 0.5) is 0 Å². The van der Waals surface area contributed by atoms with Crippen molar-refractivity contribution < 1.29 is 9.90 Å². The van der Waals surface area contributed by atoms with E-state index in [1.54, 1.807) is 11.3 Å². The number of carbonyl (C=O) groups is 1. The van der Waals surface area contributed by atoms with Gasteiger partial charge < -0.3 is 10.0 Å². The molecule has 0 aromatic carbocycles. The Morgan fingerprint density at radius 1 is 1.68 bits per heavy atom. The quantitative estimate of drug-likeness (QED) is 0.898. The molecule has 1 fully saturated rings. The molecule has 0 spiro atoms. The Balaban J connectivity index is 1.70. The fraction of sp³-hybridized carbons (Fsp3) is 0.714. The SMILES string of the molecule is Cc1nc(CCCC(=O)N2CCC(C(C)O)C2)cs1. The molecule has 0 aliphatic carbocycles. The number of hydrogen-bond acceptors (Lipinski definition) is 4. The standard InChI is InChI=1S/C14H22N2O2S/c1-10(17)12-6-7-16(8-12)14(18)5-3-4-13-9-19-11(2)15-13/h9-10,12,17H,3-8H2,1-2H3. The molecule has 1 amide bonds. The Kier molecular flexibility index (Phi) is 4.93. The number of carbonyl (C=O) groups excluding carboxylic acids is 1. The fourth-order valence-electron chi connectivity index (χ4n) is 2.51. The molecule has 1 N–H and O–H groups in total. The highest BCUT2D eigenvalue weighted by Crippen LogP contribution is 2.20.